The van der Waals surface area contributed by atoms with Crippen molar-refractivity contribution in [3.05, 3.63) is 56.6 Å². The first-order valence-corrected chi connectivity index (χ1v) is 11.0. The van der Waals surface area contributed by atoms with E-state index in [-0.39, 0.29) is 12.5 Å². The van der Waals surface area contributed by atoms with E-state index in [1.54, 1.807) is 22.2 Å². The van der Waals surface area contributed by atoms with Gasteiger partial charge >= 0.3 is 5.69 Å². The van der Waals surface area contributed by atoms with E-state index in [9.17, 15) is 9.59 Å². The van der Waals surface area contributed by atoms with Crippen molar-refractivity contribution < 1.29 is 4.79 Å². The lowest BCUT2D eigenvalue weighted by Gasteiger charge is -2.17. The normalized spacial score (nSPS) is 16.2. The Hall–Kier alpha value is -3.00. The van der Waals surface area contributed by atoms with Gasteiger partial charge in [-0.1, -0.05) is 13.0 Å². The van der Waals surface area contributed by atoms with Crippen molar-refractivity contribution in [2.24, 2.45) is 5.92 Å². The summed E-state index contributed by atoms with van der Waals surface area (Å²) in [7, 11) is 0. The highest BCUT2D eigenvalue weighted by molar-refractivity contribution is 7.19. The number of aryl methyl sites for hydroxylation is 3. The number of hydrogen-bond donors (Lipinski definition) is 1. The Morgan fingerprint density at radius 3 is 2.80 bits per heavy atom. The van der Waals surface area contributed by atoms with Crippen LogP contribution in [0.25, 0.3) is 15.9 Å². The van der Waals surface area contributed by atoms with Crippen LogP contribution < -0.4 is 11.0 Å². The Balaban J connectivity index is 1.52. The van der Waals surface area contributed by atoms with E-state index in [1.165, 1.54) is 15.1 Å². The van der Waals surface area contributed by atoms with E-state index in [0.717, 1.165) is 46.3 Å². The molecule has 7 nitrogen and oxygen atoms in total. The highest BCUT2D eigenvalue weighted by Gasteiger charge is 2.24. The number of benzene rings is 1. The van der Waals surface area contributed by atoms with Crippen LogP contribution in [0.5, 0.6) is 0 Å². The molecular formula is C22H23N5O2S. The van der Waals surface area contributed by atoms with Crippen molar-refractivity contribution in [3.8, 4) is 0 Å². The van der Waals surface area contributed by atoms with E-state index in [2.05, 4.69) is 22.2 Å². The molecule has 30 heavy (non-hydrogen) atoms. The third kappa shape index (κ3) is 3.21. The molecule has 0 saturated carbocycles. The predicted octanol–water partition coefficient (Wildman–Crippen LogP) is 3.49. The number of aromatic nitrogens is 4. The molecule has 1 aromatic carbocycles. The molecule has 0 bridgehead atoms. The van der Waals surface area contributed by atoms with Crippen LogP contribution in [0.3, 0.4) is 0 Å². The molecule has 4 aromatic rings. The molecule has 0 aliphatic heterocycles. The van der Waals surface area contributed by atoms with Crippen LogP contribution in [0.1, 0.15) is 34.9 Å². The number of rotatable bonds is 3. The Bertz CT molecular complexity index is 1340. The summed E-state index contributed by atoms with van der Waals surface area (Å²) in [5.74, 6) is 0.389. The topological polar surface area (TPSA) is 81.3 Å². The number of hydrogen-bond acceptors (Lipinski definition) is 5. The summed E-state index contributed by atoms with van der Waals surface area (Å²) < 4.78 is 2.96. The second kappa shape index (κ2) is 7.05. The van der Waals surface area contributed by atoms with Crippen molar-refractivity contribution in [2.45, 2.75) is 46.6 Å². The summed E-state index contributed by atoms with van der Waals surface area (Å²) >= 11 is 1.70. The zero-order chi connectivity index (χ0) is 21.0. The van der Waals surface area contributed by atoms with Crippen molar-refractivity contribution in [1.82, 2.24) is 19.2 Å². The quantitative estimate of drug-likeness (QED) is 0.549. The largest absolute Gasteiger partial charge is 0.365 e. The van der Waals surface area contributed by atoms with Crippen LogP contribution >= 0.6 is 11.3 Å². The van der Waals surface area contributed by atoms with Crippen molar-refractivity contribution in [2.75, 3.05) is 5.32 Å². The van der Waals surface area contributed by atoms with Gasteiger partial charge in [0.25, 0.3) is 0 Å². The average Bonchev–Trinajstić information content (AvgIpc) is 3.17. The molecule has 1 aliphatic carbocycles. The first-order chi connectivity index (χ1) is 14.4. The Labute approximate surface area is 177 Å². The molecule has 0 saturated heterocycles. The Morgan fingerprint density at radius 1 is 1.27 bits per heavy atom. The second-order valence-electron chi connectivity index (χ2n) is 8.32. The average molecular weight is 422 g/mol. The van der Waals surface area contributed by atoms with Crippen molar-refractivity contribution in [1.29, 1.82) is 0 Å². The number of nitrogens with zero attached hydrogens (tertiary/aromatic N) is 4. The summed E-state index contributed by atoms with van der Waals surface area (Å²) in [4.78, 5) is 36.4. The smallest absolute Gasteiger partial charge is 0.324 e. The summed E-state index contributed by atoms with van der Waals surface area (Å²) in [6, 6.07) is 5.86. The zero-order valence-corrected chi connectivity index (χ0v) is 18.0. The molecule has 1 N–H and O–H groups in total. The molecule has 8 heteroatoms. The first-order valence-electron chi connectivity index (χ1n) is 10.2. The van der Waals surface area contributed by atoms with Crippen LogP contribution in [0.15, 0.2) is 29.3 Å². The van der Waals surface area contributed by atoms with Crippen LogP contribution in [0, 0.1) is 19.8 Å². The van der Waals surface area contributed by atoms with Gasteiger partial charge in [0, 0.05) is 10.6 Å². The minimum Gasteiger partial charge on any atom is -0.324 e. The summed E-state index contributed by atoms with van der Waals surface area (Å²) in [6.07, 6.45) is 4.75. The number of thiophene rings is 1. The molecule has 0 spiro atoms. The van der Waals surface area contributed by atoms with Gasteiger partial charge in [-0.25, -0.2) is 19.0 Å². The molecule has 5 rings (SSSR count). The lowest BCUT2D eigenvalue weighted by atomic mass is 9.89. The predicted molar refractivity (Wildman–Crippen MR) is 118 cm³/mol. The third-order valence-electron chi connectivity index (χ3n) is 5.70. The number of amides is 1. The Kier molecular flexibility index (Phi) is 4.47. The van der Waals surface area contributed by atoms with E-state index < -0.39 is 5.69 Å². The molecule has 3 heterocycles. The van der Waals surface area contributed by atoms with Crippen molar-refractivity contribution >= 4 is 38.8 Å². The minimum atomic E-state index is -0.441. The standard InChI is InChI=1S/C22H23N5O2S/c1-12-4-5-16-17(9-12)30-21-19(16)20-25-22(29)26(27(20)11-23-21)10-18(28)24-15-7-13(2)6-14(3)8-15/h6-8,11-12H,4-5,9-10H2,1-3H3,(H,24,28)/t12-/m1/s1. The molecule has 1 amide bonds. The lowest BCUT2D eigenvalue weighted by Crippen LogP contribution is -2.28. The van der Waals surface area contributed by atoms with Gasteiger partial charge in [-0.3, -0.25) is 4.79 Å². The van der Waals surface area contributed by atoms with Crippen LogP contribution in [0.4, 0.5) is 5.69 Å². The van der Waals surface area contributed by atoms with Gasteiger partial charge < -0.3 is 5.32 Å². The van der Waals surface area contributed by atoms with Crippen molar-refractivity contribution in [3.63, 3.8) is 0 Å². The molecule has 1 atom stereocenters. The number of nitrogens with one attached hydrogen (secondary N) is 1. The monoisotopic (exact) mass is 421 g/mol. The fourth-order valence-corrected chi connectivity index (χ4v) is 5.73. The maximum Gasteiger partial charge on any atom is 0.365 e. The lowest BCUT2D eigenvalue weighted by molar-refractivity contribution is -0.117. The van der Waals surface area contributed by atoms with Gasteiger partial charge in [-0.05, 0) is 67.9 Å². The summed E-state index contributed by atoms with van der Waals surface area (Å²) in [6.45, 7) is 6.11. The highest BCUT2D eigenvalue weighted by atomic mass is 32.1. The van der Waals surface area contributed by atoms with Gasteiger partial charge in [0.05, 0.1) is 5.39 Å². The summed E-state index contributed by atoms with van der Waals surface area (Å²) in [5.41, 5.74) is 4.28. The van der Waals surface area contributed by atoms with Gasteiger partial charge in [-0.2, -0.15) is 4.98 Å². The third-order valence-corrected chi connectivity index (χ3v) is 6.86. The molecule has 1 aliphatic rings. The van der Waals surface area contributed by atoms with Crippen LogP contribution in [-0.2, 0) is 24.2 Å². The number of carbonyl (C=O) groups is 1. The maximum atomic E-state index is 12.7. The fourth-order valence-electron chi connectivity index (χ4n) is 4.39. The first kappa shape index (κ1) is 19.0. The summed E-state index contributed by atoms with van der Waals surface area (Å²) in [5, 5.41) is 3.85. The van der Waals surface area contributed by atoms with Gasteiger partial charge in [0.2, 0.25) is 5.91 Å². The van der Waals surface area contributed by atoms with Gasteiger partial charge in [0.1, 0.15) is 17.7 Å². The molecule has 0 radical (unpaired) electrons. The van der Waals surface area contributed by atoms with Crippen LogP contribution in [-0.4, -0.2) is 25.1 Å². The molecular weight excluding hydrogens is 398 g/mol. The van der Waals surface area contributed by atoms with E-state index in [4.69, 9.17) is 0 Å². The molecule has 0 fully saturated rings. The molecule has 3 aromatic heterocycles. The SMILES string of the molecule is Cc1cc(C)cc(NC(=O)Cn2c(=O)nc3c4c5c(sc4ncn32)C[C@H](C)CC5)c1. The van der Waals surface area contributed by atoms with E-state index in [1.807, 2.05) is 32.0 Å². The second-order valence-corrected chi connectivity index (χ2v) is 9.40. The van der Waals surface area contributed by atoms with Gasteiger partial charge in [0.15, 0.2) is 5.65 Å². The van der Waals surface area contributed by atoms with E-state index in [0.29, 0.717) is 11.6 Å². The van der Waals surface area contributed by atoms with E-state index >= 15 is 0 Å². The van der Waals surface area contributed by atoms with Crippen LogP contribution in [0.2, 0.25) is 0 Å². The number of anilines is 1. The molecule has 154 valence electrons. The van der Waals surface area contributed by atoms with Gasteiger partial charge in [-0.15, -0.1) is 11.3 Å². The minimum absolute atomic E-state index is 0.121. The molecule has 0 unspecified atom stereocenters. The number of carbonyl (C=O) groups excluding carboxylic acids is 1. The maximum absolute atomic E-state index is 12.7. The highest BCUT2D eigenvalue weighted by Crippen LogP contribution is 2.38. The number of fused-ring (bicyclic) bond motifs is 5. The Morgan fingerprint density at radius 2 is 2.03 bits per heavy atom. The fraction of sp³-hybridized carbons (Fsp3) is 0.364. The zero-order valence-electron chi connectivity index (χ0n) is 17.2.